The maximum Gasteiger partial charge on any atom is 0.109 e. The van der Waals surface area contributed by atoms with Gasteiger partial charge in [0.15, 0.2) is 0 Å². The summed E-state index contributed by atoms with van der Waals surface area (Å²) in [6.07, 6.45) is 0. The Labute approximate surface area is 157 Å². The maximum atomic E-state index is 5.75. The van der Waals surface area contributed by atoms with E-state index in [-0.39, 0.29) is 5.41 Å². The van der Waals surface area contributed by atoms with Crippen molar-refractivity contribution in [2.24, 2.45) is 0 Å². The van der Waals surface area contributed by atoms with Gasteiger partial charge in [-0.2, -0.15) is 0 Å². The molecule has 2 aromatic rings. The molecule has 3 heteroatoms. The van der Waals surface area contributed by atoms with Crippen LogP contribution in [0.15, 0.2) is 54.6 Å². The Hall–Kier alpha value is -1.71. The molecular formula is C22H28N2S. The summed E-state index contributed by atoms with van der Waals surface area (Å²) in [5.41, 5.74) is 4.09. The van der Waals surface area contributed by atoms with Crippen LogP contribution in [-0.4, -0.2) is 41.0 Å². The van der Waals surface area contributed by atoms with Gasteiger partial charge in [0.1, 0.15) is 4.99 Å². The van der Waals surface area contributed by atoms with E-state index < -0.39 is 0 Å². The van der Waals surface area contributed by atoms with Crippen LogP contribution in [0.1, 0.15) is 37.5 Å². The Kier molecular flexibility index (Phi) is 5.55. The predicted molar refractivity (Wildman–Crippen MR) is 110 cm³/mol. The minimum atomic E-state index is 0.184. The monoisotopic (exact) mass is 352 g/mol. The molecule has 0 bridgehead atoms. The molecule has 0 N–H and O–H groups in total. The van der Waals surface area contributed by atoms with Crippen LogP contribution in [0.2, 0.25) is 0 Å². The highest BCUT2D eigenvalue weighted by Crippen LogP contribution is 2.23. The van der Waals surface area contributed by atoms with Crippen LogP contribution in [0.25, 0.3) is 0 Å². The molecule has 1 aliphatic heterocycles. The summed E-state index contributed by atoms with van der Waals surface area (Å²) in [5.74, 6) is 0. The zero-order chi connectivity index (χ0) is 17.9. The van der Waals surface area contributed by atoms with E-state index in [1.807, 2.05) is 0 Å². The average Bonchev–Trinajstić information content (AvgIpc) is 2.62. The minimum Gasteiger partial charge on any atom is -0.360 e. The molecule has 0 amide bonds. The normalized spacial score (nSPS) is 16.0. The molecule has 0 aliphatic carbocycles. The number of nitrogens with zero attached hydrogens (tertiary/aromatic N) is 2. The molecule has 0 atom stereocenters. The van der Waals surface area contributed by atoms with Gasteiger partial charge in [-0.25, -0.2) is 0 Å². The molecule has 3 rings (SSSR count). The van der Waals surface area contributed by atoms with E-state index in [4.69, 9.17) is 12.2 Å². The molecule has 1 saturated heterocycles. The number of rotatable bonds is 3. The highest BCUT2D eigenvalue weighted by atomic mass is 32.1. The molecule has 25 heavy (non-hydrogen) atoms. The van der Waals surface area contributed by atoms with E-state index in [9.17, 15) is 0 Å². The van der Waals surface area contributed by atoms with Crippen molar-refractivity contribution >= 4 is 17.2 Å². The summed E-state index contributed by atoms with van der Waals surface area (Å²) in [4.78, 5) is 5.85. The van der Waals surface area contributed by atoms with Crippen molar-refractivity contribution in [1.82, 2.24) is 9.80 Å². The molecule has 132 valence electrons. The van der Waals surface area contributed by atoms with Gasteiger partial charge in [0.25, 0.3) is 0 Å². The number of benzene rings is 2. The molecule has 1 fully saturated rings. The SMILES string of the molecule is CC(C)(C)c1ccc(C(=S)N2CCN(Cc3ccccc3)CC2)cc1. The van der Waals surface area contributed by atoms with Crippen LogP contribution in [0.5, 0.6) is 0 Å². The van der Waals surface area contributed by atoms with Gasteiger partial charge >= 0.3 is 0 Å². The summed E-state index contributed by atoms with van der Waals surface area (Å²) in [5, 5.41) is 0. The fourth-order valence-corrected chi connectivity index (χ4v) is 3.56. The van der Waals surface area contributed by atoms with Gasteiger partial charge in [0.2, 0.25) is 0 Å². The molecular weight excluding hydrogens is 324 g/mol. The van der Waals surface area contributed by atoms with E-state index in [2.05, 4.69) is 85.2 Å². The number of piperazine rings is 1. The maximum absolute atomic E-state index is 5.75. The lowest BCUT2D eigenvalue weighted by atomic mass is 9.87. The molecule has 0 saturated carbocycles. The topological polar surface area (TPSA) is 6.48 Å². The van der Waals surface area contributed by atoms with Gasteiger partial charge in [-0.3, -0.25) is 4.90 Å². The molecule has 0 radical (unpaired) electrons. The van der Waals surface area contributed by atoms with Crippen molar-refractivity contribution in [1.29, 1.82) is 0 Å². The third-order valence-electron chi connectivity index (χ3n) is 4.91. The summed E-state index contributed by atoms with van der Waals surface area (Å²) >= 11 is 5.75. The first-order valence-electron chi connectivity index (χ1n) is 9.09. The minimum absolute atomic E-state index is 0.184. The molecule has 2 aromatic carbocycles. The van der Waals surface area contributed by atoms with Crippen molar-refractivity contribution in [3.8, 4) is 0 Å². The van der Waals surface area contributed by atoms with Crippen LogP contribution in [0.3, 0.4) is 0 Å². The summed E-state index contributed by atoms with van der Waals surface area (Å²) in [7, 11) is 0. The van der Waals surface area contributed by atoms with E-state index in [1.54, 1.807) is 0 Å². The Balaban J connectivity index is 1.56. The van der Waals surface area contributed by atoms with E-state index in [0.29, 0.717) is 0 Å². The highest BCUT2D eigenvalue weighted by molar-refractivity contribution is 7.80. The largest absolute Gasteiger partial charge is 0.360 e. The van der Waals surface area contributed by atoms with Crippen LogP contribution in [0.4, 0.5) is 0 Å². The molecule has 0 unspecified atom stereocenters. The predicted octanol–water partition coefficient (Wildman–Crippen LogP) is 4.48. The van der Waals surface area contributed by atoms with Gasteiger partial charge in [0.05, 0.1) is 0 Å². The number of thiocarbonyl (C=S) groups is 1. The van der Waals surface area contributed by atoms with E-state index >= 15 is 0 Å². The molecule has 0 aromatic heterocycles. The molecule has 1 aliphatic rings. The van der Waals surface area contributed by atoms with E-state index in [0.717, 1.165) is 37.7 Å². The standard InChI is InChI=1S/C22H28N2S/c1-22(2,3)20-11-9-19(10-12-20)21(25)24-15-13-23(14-16-24)17-18-7-5-4-6-8-18/h4-12H,13-17H2,1-3H3. The quantitative estimate of drug-likeness (QED) is 0.752. The van der Waals surface area contributed by atoms with Gasteiger partial charge in [-0.1, -0.05) is 87.6 Å². The first-order chi connectivity index (χ1) is 11.9. The second-order valence-electron chi connectivity index (χ2n) is 7.88. The number of hydrogen-bond acceptors (Lipinski definition) is 2. The average molecular weight is 353 g/mol. The fourth-order valence-electron chi connectivity index (χ4n) is 3.25. The van der Waals surface area contributed by atoms with Crippen molar-refractivity contribution in [3.63, 3.8) is 0 Å². The van der Waals surface area contributed by atoms with Crippen molar-refractivity contribution in [2.45, 2.75) is 32.7 Å². The van der Waals surface area contributed by atoms with Crippen LogP contribution in [-0.2, 0) is 12.0 Å². The Bertz CT molecular complexity index is 693. The van der Waals surface area contributed by atoms with Gasteiger partial charge < -0.3 is 4.90 Å². The molecule has 2 nitrogen and oxygen atoms in total. The Morgan fingerprint density at radius 2 is 1.48 bits per heavy atom. The van der Waals surface area contributed by atoms with Crippen LogP contribution in [0, 0.1) is 0 Å². The fraction of sp³-hybridized carbons (Fsp3) is 0.409. The summed E-state index contributed by atoms with van der Waals surface area (Å²) < 4.78 is 0. The molecule has 0 spiro atoms. The Morgan fingerprint density at radius 1 is 0.880 bits per heavy atom. The third-order valence-corrected chi connectivity index (χ3v) is 5.40. The number of hydrogen-bond donors (Lipinski definition) is 0. The van der Waals surface area contributed by atoms with Crippen molar-refractivity contribution in [2.75, 3.05) is 26.2 Å². The lowest BCUT2D eigenvalue weighted by Crippen LogP contribution is -2.48. The van der Waals surface area contributed by atoms with Gasteiger partial charge in [-0.05, 0) is 16.5 Å². The summed E-state index contributed by atoms with van der Waals surface area (Å²) in [6, 6.07) is 19.5. The summed E-state index contributed by atoms with van der Waals surface area (Å²) in [6.45, 7) is 11.9. The third kappa shape index (κ3) is 4.68. The second kappa shape index (κ2) is 7.67. The Morgan fingerprint density at radius 3 is 2.04 bits per heavy atom. The highest BCUT2D eigenvalue weighted by Gasteiger charge is 2.20. The molecule has 1 heterocycles. The lowest BCUT2D eigenvalue weighted by molar-refractivity contribution is 0.177. The van der Waals surface area contributed by atoms with Crippen molar-refractivity contribution < 1.29 is 0 Å². The van der Waals surface area contributed by atoms with Crippen LogP contribution < -0.4 is 0 Å². The van der Waals surface area contributed by atoms with Gasteiger partial charge in [-0.15, -0.1) is 0 Å². The zero-order valence-corrected chi connectivity index (χ0v) is 16.4. The van der Waals surface area contributed by atoms with Crippen LogP contribution >= 0.6 is 12.2 Å². The first-order valence-corrected chi connectivity index (χ1v) is 9.50. The first kappa shape index (κ1) is 18.1. The van der Waals surface area contributed by atoms with Crippen molar-refractivity contribution in [3.05, 3.63) is 71.3 Å². The second-order valence-corrected chi connectivity index (χ2v) is 8.27. The van der Waals surface area contributed by atoms with Gasteiger partial charge in [0, 0.05) is 38.3 Å². The lowest BCUT2D eigenvalue weighted by Gasteiger charge is -2.36. The smallest absolute Gasteiger partial charge is 0.109 e. The van der Waals surface area contributed by atoms with E-state index in [1.165, 1.54) is 16.7 Å². The zero-order valence-electron chi connectivity index (χ0n) is 15.5.